The van der Waals surface area contributed by atoms with Crippen molar-refractivity contribution in [1.29, 1.82) is 0 Å². The van der Waals surface area contributed by atoms with Gasteiger partial charge in [0.2, 0.25) is 0 Å². The number of esters is 1. The topological polar surface area (TPSA) is 64.6 Å². The maximum atomic E-state index is 11.4. The molecule has 1 aromatic rings. The van der Waals surface area contributed by atoms with Gasteiger partial charge in [0.05, 0.1) is 6.61 Å². The molecule has 1 amide bonds. The SMILES string of the molecule is O=C(COC(=O)CCCOc1ccc(Br)cc1)NC1CC1. The van der Waals surface area contributed by atoms with Gasteiger partial charge in [-0.15, -0.1) is 0 Å². The Labute approximate surface area is 132 Å². The molecule has 0 unspecified atom stereocenters. The number of hydrogen-bond donors (Lipinski definition) is 1. The van der Waals surface area contributed by atoms with Crippen LogP contribution in [0.3, 0.4) is 0 Å². The Hall–Kier alpha value is -1.56. The molecular formula is C15H18BrNO4. The summed E-state index contributed by atoms with van der Waals surface area (Å²) < 4.78 is 11.4. The van der Waals surface area contributed by atoms with Crippen molar-refractivity contribution in [3.05, 3.63) is 28.7 Å². The third-order valence-electron chi connectivity index (χ3n) is 2.91. The van der Waals surface area contributed by atoms with Gasteiger partial charge < -0.3 is 14.8 Å². The molecule has 21 heavy (non-hydrogen) atoms. The molecular weight excluding hydrogens is 338 g/mol. The number of halogens is 1. The molecule has 2 rings (SSSR count). The lowest BCUT2D eigenvalue weighted by Crippen LogP contribution is -2.30. The van der Waals surface area contributed by atoms with Crippen molar-refractivity contribution in [2.45, 2.75) is 31.7 Å². The lowest BCUT2D eigenvalue weighted by atomic mass is 10.3. The van der Waals surface area contributed by atoms with E-state index >= 15 is 0 Å². The molecule has 1 saturated carbocycles. The minimum Gasteiger partial charge on any atom is -0.494 e. The molecule has 0 heterocycles. The second-order valence-corrected chi connectivity index (χ2v) is 5.82. The highest BCUT2D eigenvalue weighted by atomic mass is 79.9. The zero-order chi connectivity index (χ0) is 15.1. The lowest BCUT2D eigenvalue weighted by Gasteiger charge is -2.07. The summed E-state index contributed by atoms with van der Waals surface area (Å²) in [5.41, 5.74) is 0. The Kier molecular flexibility index (Phi) is 6.04. The van der Waals surface area contributed by atoms with Crippen LogP contribution >= 0.6 is 15.9 Å². The summed E-state index contributed by atoms with van der Waals surface area (Å²) in [6, 6.07) is 7.77. The number of hydrogen-bond acceptors (Lipinski definition) is 4. The summed E-state index contributed by atoms with van der Waals surface area (Å²) in [5, 5.41) is 2.76. The van der Waals surface area contributed by atoms with Gasteiger partial charge >= 0.3 is 5.97 Å². The first-order valence-corrected chi connectivity index (χ1v) is 7.76. The van der Waals surface area contributed by atoms with Gasteiger partial charge in [0, 0.05) is 16.9 Å². The molecule has 1 N–H and O–H groups in total. The lowest BCUT2D eigenvalue weighted by molar-refractivity contribution is -0.148. The van der Waals surface area contributed by atoms with E-state index in [1.807, 2.05) is 24.3 Å². The fourth-order valence-electron chi connectivity index (χ4n) is 1.65. The van der Waals surface area contributed by atoms with E-state index in [0.717, 1.165) is 23.1 Å². The van der Waals surface area contributed by atoms with E-state index < -0.39 is 0 Å². The maximum Gasteiger partial charge on any atom is 0.306 e. The molecule has 5 nitrogen and oxygen atoms in total. The highest BCUT2D eigenvalue weighted by molar-refractivity contribution is 9.10. The van der Waals surface area contributed by atoms with E-state index in [9.17, 15) is 9.59 Å². The molecule has 1 aromatic carbocycles. The number of amides is 1. The Morgan fingerprint density at radius 1 is 1.24 bits per heavy atom. The summed E-state index contributed by atoms with van der Waals surface area (Å²) in [5.74, 6) is 0.160. The van der Waals surface area contributed by atoms with Crippen LogP contribution < -0.4 is 10.1 Å². The normalized spacial score (nSPS) is 13.6. The number of nitrogens with one attached hydrogen (secondary N) is 1. The van der Waals surface area contributed by atoms with Gasteiger partial charge in [-0.05, 0) is 43.5 Å². The smallest absolute Gasteiger partial charge is 0.306 e. The monoisotopic (exact) mass is 355 g/mol. The van der Waals surface area contributed by atoms with E-state index in [1.165, 1.54) is 0 Å². The quantitative estimate of drug-likeness (QED) is 0.574. The van der Waals surface area contributed by atoms with Gasteiger partial charge in [-0.1, -0.05) is 15.9 Å². The number of carbonyl (C=O) groups is 2. The summed E-state index contributed by atoms with van der Waals surface area (Å²) in [7, 11) is 0. The van der Waals surface area contributed by atoms with Crippen LogP contribution in [0, 0.1) is 0 Å². The number of rotatable bonds is 8. The summed E-state index contributed by atoms with van der Waals surface area (Å²) in [4.78, 5) is 22.8. The molecule has 1 aliphatic rings. The van der Waals surface area contributed by atoms with Gasteiger partial charge in [0.1, 0.15) is 5.75 Å². The Bertz CT molecular complexity index is 485. The van der Waals surface area contributed by atoms with Crippen LogP contribution in [0.25, 0.3) is 0 Å². The van der Waals surface area contributed by atoms with Crippen molar-refractivity contribution in [2.75, 3.05) is 13.2 Å². The standard InChI is InChI=1S/C15H18BrNO4/c16-11-3-7-13(8-4-11)20-9-1-2-15(19)21-10-14(18)17-12-5-6-12/h3-4,7-8,12H,1-2,5-6,9-10H2,(H,17,18). The molecule has 0 spiro atoms. The van der Waals surface area contributed by atoms with Crippen LogP contribution in [0.1, 0.15) is 25.7 Å². The van der Waals surface area contributed by atoms with Crippen molar-refractivity contribution in [3.63, 3.8) is 0 Å². The maximum absolute atomic E-state index is 11.4. The van der Waals surface area contributed by atoms with Crippen LogP contribution in [0.5, 0.6) is 5.75 Å². The first kappa shape index (κ1) is 15.8. The van der Waals surface area contributed by atoms with Crippen LogP contribution in [-0.2, 0) is 14.3 Å². The van der Waals surface area contributed by atoms with E-state index in [2.05, 4.69) is 21.2 Å². The first-order valence-electron chi connectivity index (χ1n) is 6.97. The van der Waals surface area contributed by atoms with E-state index in [4.69, 9.17) is 9.47 Å². The minimum atomic E-state index is -0.375. The van der Waals surface area contributed by atoms with Crippen molar-refractivity contribution in [1.82, 2.24) is 5.32 Å². The Morgan fingerprint density at radius 3 is 2.62 bits per heavy atom. The van der Waals surface area contributed by atoms with Crippen molar-refractivity contribution >= 4 is 27.8 Å². The van der Waals surface area contributed by atoms with E-state index in [0.29, 0.717) is 13.0 Å². The average molecular weight is 356 g/mol. The van der Waals surface area contributed by atoms with Crippen LogP contribution in [0.15, 0.2) is 28.7 Å². The summed E-state index contributed by atoms with van der Waals surface area (Å²) in [6.45, 7) is 0.244. The van der Waals surface area contributed by atoms with Gasteiger partial charge in [0.25, 0.3) is 5.91 Å². The van der Waals surface area contributed by atoms with Gasteiger partial charge in [-0.25, -0.2) is 0 Å². The molecule has 0 saturated heterocycles. The second-order valence-electron chi connectivity index (χ2n) is 4.91. The highest BCUT2D eigenvalue weighted by Gasteiger charge is 2.23. The van der Waals surface area contributed by atoms with Crippen LogP contribution in [0.2, 0.25) is 0 Å². The molecule has 0 bridgehead atoms. The summed E-state index contributed by atoms with van der Waals surface area (Å²) >= 11 is 3.34. The number of ether oxygens (including phenoxy) is 2. The van der Waals surface area contributed by atoms with Crippen molar-refractivity contribution < 1.29 is 19.1 Å². The summed E-state index contributed by atoms with van der Waals surface area (Å²) in [6.07, 6.45) is 2.84. The van der Waals surface area contributed by atoms with E-state index in [-0.39, 0.29) is 30.9 Å². The minimum absolute atomic E-state index is 0.192. The molecule has 0 atom stereocenters. The highest BCUT2D eigenvalue weighted by Crippen LogP contribution is 2.18. The van der Waals surface area contributed by atoms with Gasteiger partial charge in [-0.3, -0.25) is 9.59 Å². The van der Waals surface area contributed by atoms with Crippen molar-refractivity contribution in [3.8, 4) is 5.75 Å². The van der Waals surface area contributed by atoms with E-state index in [1.54, 1.807) is 0 Å². The van der Waals surface area contributed by atoms with Crippen LogP contribution in [0.4, 0.5) is 0 Å². The fraction of sp³-hybridized carbons (Fsp3) is 0.467. The Balaban J connectivity index is 1.52. The molecule has 114 valence electrons. The zero-order valence-corrected chi connectivity index (χ0v) is 13.2. The average Bonchev–Trinajstić information content (AvgIpc) is 3.27. The molecule has 0 aliphatic heterocycles. The Morgan fingerprint density at radius 2 is 1.95 bits per heavy atom. The third kappa shape index (κ3) is 6.62. The van der Waals surface area contributed by atoms with Gasteiger partial charge in [-0.2, -0.15) is 0 Å². The molecule has 0 aromatic heterocycles. The number of benzene rings is 1. The predicted molar refractivity (Wildman–Crippen MR) is 81.0 cm³/mol. The fourth-order valence-corrected chi connectivity index (χ4v) is 1.92. The molecule has 1 aliphatic carbocycles. The molecule has 1 fully saturated rings. The predicted octanol–water partition coefficient (Wildman–Crippen LogP) is 2.43. The van der Waals surface area contributed by atoms with Crippen LogP contribution in [-0.4, -0.2) is 31.1 Å². The molecule has 6 heteroatoms. The van der Waals surface area contributed by atoms with Crippen molar-refractivity contribution in [2.24, 2.45) is 0 Å². The third-order valence-corrected chi connectivity index (χ3v) is 3.44. The number of carbonyl (C=O) groups excluding carboxylic acids is 2. The zero-order valence-electron chi connectivity index (χ0n) is 11.6. The van der Waals surface area contributed by atoms with Gasteiger partial charge in [0.15, 0.2) is 6.61 Å². The largest absolute Gasteiger partial charge is 0.494 e. The second kappa shape index (κ2) is 8.02. The molecule has 0 radical (unpaired) electrons. The first-order chi connectivity index (χ1) is 10.1.